The number of halogens is 1. The van der Waals surface area contributed by atoms with Crippen molar-refractivity contribution in [1.82, 2.24) is 9.92 Å². The number of phosphoric ester groups is 2. The second-order valence-electron chi connectivity index (χ2n) is 18.3. The first-order valence-corrected chi connectivity index (χ1v) is 29.0. The van der Waals surface area contributed by atoms with Crippen LogP contribution in [0.3, 0.4) is 0 Å². The van der Waals surface area contributed by atoms with E-state index in [1.165, 1.54) is 43.3 Å². The van der Waals surface area contributed by atoms with E-state index in [1.807, 2.05) is 97.1 Å². The Balaban J connectivity index is 0.000000321. The first-order chi connectivity index (χ1) is 37.1. The molecule has 20 nitrogen and oxygen atoms in total. The molecule has 0 aromatic heterocycles. The van der Waals surface area contributed by atoms with E-state index in [2.05, 4.69) is 9.92 Å². The number of non-ortho nitro benzene ring substituents is 1. The maximum absolute atomic E-state index is 13.9. The molecule has 0 aliphatic heterocycles. The second kappa shape index (κ2) is 30.3. The smallest absolute Gasteiger partial charge is 0.461 e. The molecule has 0 bridgehead atoms. The van der Waals surface area contributed by atoms with E-state index in [0.29, 0.717) is 0 Å². The third-order valence-electron chi connectivity index (χ3n) is 10.2. The summed E-state index contributed by atoms with van der Waals surface area (Å²) in [4.78, 5) is 37.7. The summed E-state index contributed by atoms with van der Waals surface area (Å²) in [5, 5.41) is 13.6. The van der Waals surface area contributed by atoms with E-state index in [4.69, 9.17) is 57.4 Å². The third-order valence-corrected chi connectivity index (χ3v) is 15.4. The number of carbonyl (C=O) groups is 2. The standard InChI is InChI=1S/C33H36N2O11P2.C21H27ClNO6P/c1-26(34-47(39,44-30-17-11-6-12-18-30)45-31-21-19-29(20-22-31)35(37)38)32(36)41-25-33(2,3)46-48(40,42-23-27-13-7-4-8-14-27)43-24-28-15-9-5-10-16-28;1-17(23-22)20(24)26-16-21(2,3)29-30(25,27-14-18-10-6-4-7-11-18)28-15-19-12-8-5-9-13-19/h4-22,26H,23-25H2,1-3H3,(H,34,39);4-13,17,23H,14-16H2,1-3H3/t26-,47?;17-/m00/s1. The molecule has 0 aliphatic rings. The fourth-order valence-electron chi connectivity index (χ4n) is 6.28. The van der Waals surface area contributed by atoms with E-state index in [1.54, 1.807) is 77.1 Å². The zero-order valence-corrected chi connectivity index (χ0v) is 47.2. The van der Waals surface area contributed by atoms with Gasteiger partial charge in [0, 0.05) is 12.1 Å². The lowest BCUT2D eigenvalue weighted by Gasteiger charge is -2.29. The van der Waals surface area contributed by atoms with Gasteiger partial charge in [-0.3, -0.25) is 46.8 Å². The molecule has 78 heavy (non-hydrogen) atoms. The summed E-state index contributed by atoms with van der Waals surface area (Å²) >= 11 is 5.44. The Hall–Kier alpha value is -6.08. The van der Waals surface area contributed by atoms with Crippen molar-refractivity contribution >= 4 is 52.8 Å². The first kappa shape index (κ1) is 62.8. The summed E-state index contributed by atoms with van der Waals surface area (Å²) in [5.41, 5.74) is 0.421. The molecule has 2 N–H and O–H groups in total. The van der Waals surface area contributed by atoms with Gasteiger partial charge in [0.05, 0.1) is 31.4 Å². The quantitative estimate of drug-likeness (QED) is 0.0140. The van der Waals surface area contributed by atoms with Crippen molar-refractivity contribution in [2.45, 2.75) is 91.3 Å². The Labute approximate surface area is 459 Å². The van der Waals surface area contributed by atoms with Gasteiger partial charge in [0.2, 0.25) is 0 Å². The van der Waals surface area contributed by atoms with E-state index in [-0.39, 0.29) is 50.2 Å². The number of hydrogen-bond acceptors (Lipinski definition) is 18. The van der Waals surface area contributed by atoms with E-state index >= 15 is 0 Å². The number of rotatable bonds is 30. The van der Waals surface area contributed by atoms with Crippen molar-refractivity contribution in [3.8, 4) is 11.5 Å². The van der Waals surface area contributed by atoms with Crippen molar-refractivity contribution in [3.05, 3.63) is 208 Å². The summed E-state index contributed by atoms with van der Waals surface area (Å²) in [6.45, 7) is 8.69. The van der Waals surface area contributed by atoms with Crippen LogP contribution in [0.15, 0.2) is 176 Å². The number of esters is 2. The fourth-order valence-corrected chi connectivity index (χ4v) is 10.8. The molecule has 0 saturated carbocycles. The van der Waals surface area contributed by atoms with Crippen molar-refractivity contribution in [2.75, 3.05) is 13.2 Å². The van der Waals surface area contributed by atoms with Crippen LogP contribution in [0.1, 0.15) is 63.8 Å². The molecule has 3 atom stereocenters. The van der Waals surface area contributed by atoms with Crippen molar-refractivity contribution in [1.29, 1.82) is 0 Å². The van der Waals surface area contributed by atoms with Crippen LogP contribution in [0, 0.1) is 10.1 Å². The molecular formula is C54H63ClN3O17P3. The summed E-state index contributed by atoms with van der Waals surface area (Å²) in [6, 6.07) is 47.7. The molecule has 6 rings (SSSR count). The maximum atomic E-state index is 13.9. The number of hydrogen-bond donors (Lipinski definition) is 2. The molecule has 0 radical (unpaired) electrons. The van der Waals surface area contributed by atoms with Gasteiger partial charge in [-0.15, -0.1) is 0 Å². The number of nitro groups is 1. The largest absolute Gasteiger partial charge is 0.513 e. The summed E-state index contributed by atoms with van der Waals surface area (Å²) in [6.07, 6.45) is 0. The van der Waals surface area contributed by atoms with Gasteiger partial charge in [0.15, 0.2) is 0 Å². The van der Waals surface area contributed by atoms with E-state index < -0.39 is 70.1 Å². The van der Waals surface area contributed by atoms with Gasteiger partial charge < -0.3 is 18.5 Å². The van der Waals surface area contributed by atoms with Gasteiger partial charge in [-0.25, -0.2) is 18.5 Å². The van der Waals surface area contributed by atoms with Crippen LogP contribution >= 0.6 is 35.2 Å². The summed E-state index contributed by atoms with van der Waals surface area (Å²) < 4.78 is 97.0. The Morgan fingerprint density at radius 3 is 1.14 bits per heavy atom. The minimum atomic E-state index is -4.32. The number of nitrogens with one attached hydrogen (secondary N) is 2. The Morgan fingerprint density at radius 1 is 0.513 bits per heavy atom. The predicted molar refractivity (Wildman–Crippen MR) is 292 cm³/mol. The van der Waals surface area contributed by atoms with Gasteiger partial charge in [-0.2, -0.15) is 5.09 Å². The number of ether oxygens (including phenoxy) is 2. The third kappa shape index (κ3) is 22.7. The Morgan fingerprint density at radius 2 is 0.821 bits per heavy atom. The molecule has 0 amide bonds. The van der Waals surface area contributed by atoms with Gasteiger partial charge in [-0.1, -0.05) is 140 Å². The lowest BCUT2D eigenvalue weighted by Crippen LogP contribution is -2.39. The molecule has 0 aliphatic carbocycles. The van der Waals surface area contributed by atoms with E-state index in [0.717, 1.165) is 22.3 Å². The topological polar surface area (TPSA) is 245 Å². The molecule has 24 heteroatoms. The van der Waals surface area contributed by atoms with Crippen molar-refractivity contribution in [3.63, 3.8) is 0 Å². The Kier molecular flexibility index (Phi) is 24.4. The molecule has 0 fully saturated rings. The van der Waals surface area contributed by atoms with Crippen LogP contribution < -0.4 is 19.0 Å². The zero-order valence-electron chi connectivity index (χ0n) is 43.7. The number of carbonyl (C=O) groups excluding carboxylic acids is 2. The lowest BCUT2D eigenvalue weighted by atomic mass is 10.2. The Bertz CT molecular complexity index is 2840. The van der Waals surface area contributed by atoms with E-state index in [9.17, 15) is 33.4 Å². The highest BCUT2D eigenvalue weighted by Gasteiger charge is 2.40. The minimum absolute atomic E-state index is 0.00998. The summed E-state index contributed by atoms with van der Waals surface area (Å²) in [5.74, 6) is -1.26. The number of benzene rings is 6. The van der Waals surface area contributed by atoms with Crippen LogP contribution in [0.2, 0.25) is 0 Å². The van der Waals surface area contributed by atoms with Gasteiger partial charge in [0.25, 0.3) is 5.69 Å². The van der Waals surface area contributed by atoms with Gasteiger partial charge >= 0.3 is 35.3 Å². The van der Waals surface area contributed by atoms with Crippen molar-refractivity contribution in [2.24, 2.45) is 0 Å². The molecule has 1 unspecified atom stereocenters. The SMILES string of the molecule is C[C@H](NCl)C(=O)OCC(C)(C)OP(=O)(OCc1ccccc1)OCc1ccccc1.C[C@H](NP(=O)(Oc1ccccc1)Oc1ccc([N+](=O)[O-])cc1)C(=O)OCC(C)(C)OP(=O)(OCc1ccccc1)OCc1ccccc1. The number of para-hydroxylation sites is 1. The van der Waals surface area contributed by atoms with Gasteiger partial charge in [0.1, 0.15) is 48.0 Å². The molecule has 418 valence electrons. The second-order valence-corrected chi connectivity index (χ2v) is 23.3. The van der Waals surface area contributed by atoms with Crippen LogP contribution in [0.4, 0.5) is 5.69 Å². The monoisotopic (exact) mass is 1150 g/mol. The molecule has 0 saturated heterocycles. The van der Waals surface area contributed by atoms with Crippen molar-refractivity contribution < 1.29 is 73.9 Å². The predicted octanol–water partition coefficient (Wildman–Crippen LogP) is 13.0. The molecular weight excluding hydrogens is 1090 g/mol. The highest BCUT2D eigenvalue weighted by atomic mass is 35.5. The van der Waals surface area contributed by atoms with Crippen LogP contribution in [-0.2, 0) is 86.3 Å². The highest BCUT2D eigenvalue weighted by molar-refractivity contribution is 7.52. The highest BCUT2D eigenvalue weighted by Crippen LogP contribution is 2.55. The van der Waals surface area contributed by atoms with Crippen LogP contribution in [0.5, 0.6) is 11.5 Å². The number of nitro benzene ring substituents is 1. The van der Waals surface area contributed by atoms with Crippen LogP contribution in [0.25, 0.3) is 0 Å². The number of phosphoric acid groups is 2. The minimum Gasteiger partial charge on any atom is -0.461 e. The number of nitrogens with zero attached hydrogens (tertiary/aromatic N) is 1. The molecule has 0 heterocycles. The summed E-state index contributed by atoms with van der Waals surface area (Å²) in [7, 11) is -12.5. The maximum Gasteiger partial charge on any atom is 0.513 e. The normalized spacial score (nSPS) is 13.4. The first-order valence-electron chi connectivity index (χ1n) is 24.2. The molecule has 0 spiro atoms. The zero-order chi connectivity index (χ0) is 56.7. The molecule has 6 aromatic rings. The fraction of sp³-hybridized carbons (Fsp3) is 0.296. The lowest BCUT2D eigenvalue weighted by molar-refractivity contribution is -0.384. The average molecular weight is 1150 g/mol. The molecule has 6 aromatic carbocycles. The van der Waals surface area contributed by atoms with Gasteiger partial charge in [-0.05, 0) is 99.8 Å². The van der Waals surface area contributed by atoms with Crippen LogP contribution in [-0.4, -0.2) is 53.4 Å². The average Bonchev–Trinajstić information content (AvgIpc) is 3.43.